The Bertz CT molecular complexity index is 514. The number of rotatable bonds is 37. The highest BCUT2D eigenvalue weighted by Crippen LogP contribution is 2.13. The van der Waals surface area contributed by atoms with Crippen molar-refractivity contribution in [2.24, 2.45) is 0 Å². The summed E-state index contributed by atoms with van der Waals surface area (Å²) in [4.78, 5) is 11.8. The van der Waals surface area contributed by atoms with Crippen LogP contribution in [0.4, 0.5) is 4.39 Å². The van der Waals surface area contributed by atoms with Crippen LogP contribution in [-0.2, 0) is 42.7 Å². The highest BCUT2D eigenvalue weighted by Gasteiger charge is 2.03. The molecule has 0 rings (SSSR count). The minimum absolute atomic E-state index is 0.115. The molecule has 0 fully saturated rings. The molecule has 0 aromatic carbocycles. The topological polar surface area (TPSA) is 90.9 Å². The number of halogens is 1. The first kappa shape index (κ1) is 41.1. The van der Waals surface area contributed by atoms with Crippen molar-refractivity contribution in [1.82, 2.24) is 0 Å². The third kappa shape index (κ3) is 37.1. The molecule has 42 heavy (non-hydrogen) atoms. The Hall–Kier alpha value is -0.880. The van der Waals surface area contributed by atoms with E-state index in [1.807, 2.05) is 0 Å². The summed E-state index contributed by atoms with van der Waals surface area (Å²) in [6.07, 6.45) is 17.3. The summed E-state index contributed by atoms with van der Waals surface area (Å²) in [7, 11) is 0. The fourth-order valence-corrected chi connectivity index (χ4v) is 4.05. The van der Waals surface area contributed by atoms with E-state index in [-0.39, 0.29) is 19.2 Å². The average Bonchev–Trinajstić information content (AvgIpc) is 3.00. The Morgan fingerprint density at radius 2 is 0.690 bits per heavy atom. The van der Waals surface area contributed by atoms with Gasteiger partial charge in [-0.05, 0) is 6.42 Å². The zero-order valence-corrected chi connectivity index (χ0v) is 26.8. The zero-order valence-electron chi connectivity index (χ0n) is 26.8. The number of esters is 1. The van der Waals surface area contributed by atoms with Crippen LogP contribution in [0, 0.1) is 0 Å². The van der Waals surface area contributed by atoms with Crippen LogP contribution in [0.25, 0.3) is 0 Å². The molecule has 0 aliphatic rings. The predicted molar refractivity (Wildman–Crippen MR) is 163 cm³/mol. The molecule has 0 saturated carbocycles. The quantitative estimate of drug-likeness (QED) is 0.0612. The molecule has 0 heterocycles. The van der Waals surface area contributed by atoms with Gasteiger partial charge in [0.15, 0.2) is 0 Å². The molecule has 0 spiro atoms. The molecule has 0 unspecified atom stereocenters. The largest absolute Gasteiger partial charge is 0.463 e. The maximum absolute atomic E-state index is 11.8. The van der Waals surface area contributed by atoms with Crippen LogP contribution in [0.5, 0.6) is 0 Å². The monoisotopic (exact) mass is 610 g/mol. The summed E-state index contributed by atoms with van der Waals surface area (Å²) in [6, 6.07) is 0. The standard InChI is InChI=1S/C32H63FO9/c1-2-3-4-5-6-7-8-9-10-11-12-13-14-15-32(34)42-31-30-41-29-28-40-27-26-39-25-24-38-23-22-37-21-20-36-19-18-35-17-16-33/h2-31H2,1H3. The Morgan fingerprint density at radius 3 is 1.02 bits per heavy atom. The van der Waals surface area contributed by atoms with Crippen molar-refractivity contribution >= 4 is 5.97 Å². The Morgan fingerprint density at radius 1 is 0.405 bits per heavy atom. The van der Waals surface area contributed by atoms with Crippen LogP contribution in [-0.4, -0.2) is 112 Å². The molecule has 252 valence electrons. The van der Waals surface area contributed by atoms with Gasteiger partial charge in [-0.3, -0.25) is 4.79 Å². The van der Waals surface area contributed by atoms with Gasteiger partial charge >= 0.3 is 5.97 Å². The number of carbonyl (C=O) groups excluding carboxylic acids is 1. The number of alkyl halides is 1. The number of ether oxygens (including phenoxy) is 8. The van der Waals surface area contributed by atoms with Gasteiger partial charge in [-0.2, -0.15) is 0 Å². The lowest BCUT2D eigenvalue weighted by molar-refractivity contribution is -0.145. The van der Waals surface area contributed by atoms with Crippen LogP contribution < -0.4 is 0 Å². The third-order valence-corrected chi connectivity index (χ3v) is 6.43. The molecular weight excluding hydrogens is 547 g/mol. The Kier molecular flexibility index (Phi) is 37.3. The molecule has 9 nitrogen and oxygen atoms in total. The summed E-state index contributed by atoms with van der Waals surface area (Å²) in [6.45, 7) is 8.23. The molecule has 0 aliphatic heterocycles. The van der Waals surface area contributed by atoms with E-state index < -0.39 is 6.67 Å². The first-order valence-corrected chi connectivity index (χ1v) is 16.6. The Balaban J connectivity index is 3.13. The van der Waals surface area contributed by atoms with Crippen molar-refractivity contribution in [3.05, 3.63) is 0 Å². The molecule has 0 atom stereocenters. The van der Waals surface area contributed by atoms with Crippen LogP contribution in [0.15, 0.2) is 0 Å². The second-order valence-corrected chi connectivity index (χ2v) is 10.2. The third-order valence-electron chi connectivity index (χ3n) is 6.43. The molecule has 0 aromatic heterocycles. The Labute approximate surface area is 255 Å². The molecule has 0 saturated heterocycles. The zero-order chi connectivity index (χ0) is 30.4. The lowest BCUT2D eigenvalue weighted by atomic mass is 10.0. The van der Waals surface area contributed by atoms with E-state index in [2.05, 4.69) is 6.92 Å². The van der Waals surface area contributed by atoms with Crippen LogP contribution in [0.3, 0.4) is 0 Å². The molecule has 10 heteroatoms. The van der Waals surface area contributed by atoms with Crippen LogP contribution in [0.1, 0.15) is 96.8 Å². The predicted octanol–water partition coefficient (Wildman–Crippen LogP) is 6.10. The van der Waals surface area contributed by atoms with Gasteiger partial charge in [-0.25, -0.2) is 4.39 Å². The molecule has 0 N–H and O–H groups in total. The average molecular weight is 611 g/mol. The van der Waals surface area contributed by atoms with Crippen molar-refractivity contribution in [1.29, 1.82) is 0 Å². The molecule has 0 aromatic rings. The van der Waals surface area contributed by atoms with Crippen molar-refractivity contribution in [3.63, 3.8) is 0 Å². The lowest BCUT2D eigenvalue weighted by Gasteiger charge is -2.08. The summed E-state index contributed by atoms with van der Waals surface area (Å²) in [5.41, 5.74) is 0. The van der Waals surface area contributed by atoms with E-state index in [0.717, 1.165) is 12.8 Å². The van der Waals surface area contributed by atoms with Gasteiger partial charge in [0.1, 0.15) is 13.3 Å². The minimum Gasteiger partial charge on any atom is -0.463 e. The lowest BCUT2D eigenvalue weighted by Crippen LogP contribution is -2.15. The van der Waals surface area contributed by atoms with Gasteiger partial charge in [0.2, 0.25) is 0 Å². The molecule has 0 radical (unpaired) electrons. The fraction of sp³-hybridized carbons (Fsp3) is 0.969. The van der Waals surface area contributed by atoms with Gasteiger partial charge < -0.3 is 37.9 Å². The van der Waals surface area contributed by atoms with Gasteiger partial charge in [0, 0.05) is 6.42 Å². The summed E-state index contributed by atoms with van der Waals surface area (Å²) >= 11 is 0. The van der Waals surface area contributed by atoms with Crippen LogP contribution >= 0.6 is 0 Å². The number of hydrogen-bond donors (Lipinski definition) is 0. The normalized spacial score (nSPS) is 11.4. The van der Waals surface area contributed by atoms with E-state index in [1.54, 1.807) is 0 Å². The maximum Gasteiger partial charge on any atom is 0.305 e. The molecular formula is C32H63FO9. The van der Waals surface area contributed by atoms with E-state index in [1.165, 1.54) is 70.6 Å². The van der Waals surface area contributed by atoms with E-state index in [4.69, 9.17) is 37.9 Å². The smallest absolute Gasteiger partial charge is 0.305 e. The highest BCUT2D eigenvalue weighted by atomic mass is 19.1. The number of unbranched alkanes of at least 4 members (excludes halogenated alkanes) is 12. The first-order chi connectivity index (χ1) is 20.8. The molecule has 0 aliphatic carbocycles. The van der Waals surface area contributed by atoms with Crippen molar-refractivity contribution in [3.8, 4) is 0 Å². The second-order valence-electron chi connectivity index (χ2n) is 10.2. The first-order valence-electron chi connectivity index (χ1n) is 16.6. The summed E-state index contributed by atoms with van der Waals surface area (Å²) < 4.78 is 54.4. The van der Waals surface area contributed by atoms with Crippen molar-refractivity contribution in [2.75, 3.05) is 106 Å². The molecule has 0 bridgehead atoms. The summed E-state index contributed by atoms with van der Waals surface area (Å²) in [5, 5.41) is 0. The van der Waals surface area contributed by atoms with Gasteiger partial charge in [0.05, 0.1) is 92.5 Å². The highest BCUT2D eigenvalue weighted by molar-refractivity contribution is 5.69. The van der Waals surface area contributed by atoms with Gasteiger partial charge in [-0.1, -0.05) is 84.0 Å². The van der Waals surface area contributed by atoms with E-state index in [0.29, 0.717) is 92.3 Å². The maximum atomic E-state index is 11.8. The number of hydrogen-bond acceptors (Lipinski definition) is 9. The molecule has 0 amide bonds. The van der Waals surface area contributed by atoms with Gasteiger partial charge in [-0.15, -0.1) is 0 Å². The fourth-order valence-electron chi connectivity index (χ4n) is 4.05. The SMILES string of the molecule is CCCCCCCCCCCCCCCC(=O)OCCOCCOCCOCCOCCOCCOCCOCCF. The van der Waals surface area contributed by atoms with E-state index in [9.17, 15) is 9.18 Å². The van der Waals surface area contributed by atoms with Crippen LogP contribution in [0.2, 0.25) is 0 Å². The minimum atomic E-state index is -0.473. The van der Waals surface area contributed by atoms with Gasteiger partial charge in [0.25, 0.3) is 0 Å². The van der Waals surface area contributed by atoms with Crippen molar-refractivity contribution in [2.45, 2.75) is 96.8 Å². The van der Waals surface area contributed by atoms with E-state index >= 15 is 0 Å². The van der Waals surface area contributed by atoms with Crippen molar-refractivity contribution < 1.29 is 47.1 Å². The second kappa shape index (κ2) is 38.1. The number of carbonyl (C=O) groups is 1. The summed E-state index contributed by atoms with van der Waals surface area (Å²) in [5.74, 6) is -0.133.